The second-order valence-electron chi connectivity index (χ2n) is 7.08. The topological polar surface area (TPSA) is 89.0 Å². The Balaban J connectivity index is 1.85. The molecule has 0 bridgehead atoms. The van der Waals surface area contributed by atoms with Gasteiger partial charge in [0.05, 0.1) is 24.1 Å². The van der Waals surface area contributed by atoms with Gasteiger partial charge < -0.3 is 15.0 Å². The van der Waals surface area contributed by atoms with E-state index in [0.29, 0.717) is 27.6 Å². The average Bonchev–Trinajstić information content (AvgIpc) is 3.06. The van der Waals surface area contributed by atoms with Crippen LogP contribution in [0.15, 0.2) is 34.2 Å². The quantitative estimate of drug-likeness (QED) is 0.450. The molecule has 0 aliphatic heterocycles. The number of anilines is 1. The standard InChI is InChI=1S/C21H26N4O3S/c1-6-14(4)25-20(27)19-16(10-13(3)22-19)24-21(25)29-11-18(26)23-15-9-12(2)7-8-17(15)28-5/h7-10,14,22H,6,11H2,1-5H3,(H,23,26). The molecule has 2 heterocycles. The van der Waals surface area contributed by atoms with Crippen molar-refractivity contribution in [2.45, 2.75) is 45.3 Å². The molecule has 1 amide bonds. The second-order valence-corrected chi connectivity index (χ2v) is 8.02. The summed E-state index contributed by atoms with van der Waals surface area (Å²) in [7, 11) is 1.57. The summed E-state index contributed by atoms with van der Waals surface area (Å²) in [5.74, 6) is 0.552. The molecule has 0 spiro atoms. The fourth-order valence-electron chi connectivity index (χ4n) is 3.10. The van der Waals surface area contributed by atoms with E-state index in [0.717, 1.165) is 17.7 Å². The third-order valence-corrected chi connectivity index (χ3v) is 5.73. The monoisotopic (exact) mass is 414 g/mol. The van der Waals surface area contributed by atoms with Crippen molar-refractivity contribution in [2.24, 2.45) is 0 Å². The van der Waals surface area contributed by atoms with Gasteiger partial charge in [0.15, 0.2) is 5.16 Å². The summed E-state index contributed by atoms with van der Waals surface area (Å²) in [6.45, 7) is 7.84. The number of thioether (sulfide) groups is 1. The summed E-state index contributed by atoms with van der Waals surface area (Å²) < 4.78 is 6.98. The van der Waals surface area contributed by atoms with Crippen molar-refractivity contribution in [2.75, 3.05) is 18.2 Å². The molecule has 1 atom stereocenters. The van der Waals surface area contributed by atoms with Crippen molar-refractivity contribution in [3.63, 3.8) is 0 Å². The Labute approximate surface area is 173 Å². The lowest BCUT2D eigenvalue weighted by Gasteiger charge is -2.17. The van der Waals surface area contributed by atoms with E-state index in [1.54, 1.807) is 11.7 Å². The molecule has 3 aromatic rings. The first-order valence-corrected chi connectivity index (χ1v) is 10.5. The number of ether oxygens (including phenoxy) is 1. The first-order valence-electron chi connectivity index (χ1n) is 9.53. The lowest BCUT2D eigenvalue weighted by Crippen LogP contribution is -2.26. The maximum atomic E-state index is 13.0. The molecule has 1 unspecified atom stereocenters. The SMILES string of the molecule is CCC(C)n1c(SCC(=O)Nc2cc(C)ccc2OC)nc2cc(C)[nH]c2c1=O. The number of aromatic amines is 1. The predicted octanol–water partition coefficient (Wildman–Crippen LogP) is 4.05. The third kappa shape index (κ3) is 4.48. The molecule has 0 aliphatic rings. The lowest BCUT2D eigenvalue weighted by atomic mass is 10.2. The minimum Gasteiger partial charge on any atom is -0.495 e. The third-order valence-electron chi connectivity index (χ3n) is 4.78. The van der Waals surface area contributed by atoms with Gasteiger partial charge in [0.1, 0.15) is 11.3 Å². The van der Waals surface area contributed by atoms with Crippen LogP contribution < -0.4 is 15.6 Å². The number of amides is 1. The Kier molecular flexibility index (Phi) is 6.32. The number of methoxy groups -OCH3 is 1. The molecule has 29 heavy (non-hydrogen) atoms. The Morgan fingerprint density at radius 2 is 2.10 bits per heavy atom. The lowest BCUT2D eigenvalue weighted by molar-refractivity contribution is -0.113. The minimum absolute atomic E-state index is 0.0227. The van der Waals surface area contributed by atoms with Crippen molar-refractivity contribution >= 4 is 34.4 Å². The molecule has 3 rings (SSSR count). The van der Waals surface area contributed by atoms with E-state index < -0.39 is 0 Å². The smallest absolute Gasteiger partial charge is 0.278 e. The zero-order valence-corrected chi connectivity index (χ0v) is 18.1. The molecular formula is C21H26N4O3S. The van der Waals surface area contributed by atoms with Crippen LogP contribution in [0, 0.1) is 13.8 Å². The van der Waals surface area contributed by atoms with E-state index in [-0.39, 0.29) is 23.3 Å². The molecule has 0 radical (unpaired) electrons. The van der Waals surface area contributed by atoms with Crippen LogP contribution >= 0.6 is 11.8 Å². The Morgan fingerprint density at radius 1 is 1.34 bits per heavy atom. The van der Waals surface area contributed by atoms with Gasteiger partial charge in [-0.1, -0.05) is 24.8 Å². The number of hydrogen-bond donors (Lipinski definition) is 2. The van der Waals surface area contributed by atoms with Crippen LogP contribution in [-0.4, -0.2) is 33.3 Å². The Morgan fingerprint density at radius 3 is 2.79 bits per heavy atom. The van der Waals surface area contributed by atoms with Gasteiger partial charge in [-0.25, -0.2) is 4.98 Å². The first-order chi connectivity index (χ1) is 13.8. The van der Waals surface area contributed by atoms with Gasteiger partial charge in [0.2, 0.25) is 5.91 Å². The number of nitrogens with zero attached hydrogens (tertiary/aromatic N) is 2. The summed E-state index contributed by atoms with van der Waals surface area (Å²) in [4.78, 5) is 33.3. The highest BCUT2D eigenvalue weighted by molar-refractivity contribution is 7.99. The van der Waals surface area contributed by atoms with Crippen molar-refractivity contribution < 1.29 is 9.53 Å². The summed E-state index contributed by atoms with van der Waals surface area (Å²) in [6, 6.07) is 7.43. The number of aryl methyl sites for hydroxylation is 2. The van der Waals surface area contributed by atoms with E-state index in [1.807, 2.05) is 52.0 Å². The van der Waals surface area contributed by atoms with Gasteiger partial charge in [0.25, 0.3) is 5.56 Å². The van der Waals surface area contributed by atoms with Crippen molar-refractivity contribution in [1.82, 2.24) is 14.5 Å². The van der Waals surface area contributed by atoms with Gasteiger partial charge in [0, 0.05) is 11.7 Å². The highest BCUT2D eigenvalue weighted by Crippen LogP contribution is 2.26. The normalized spacial score (nSPS) is 12.2. The summed E-state index contributed by atoms with van der Waals surface area (Å²) in [6.07, 6.45) is 0.785. The van der Waals surface area contributed by atoms with Crippen LogP contribution in [0.5, 0.6) is 5.75 Å². The number of rotatable bonds is 7. The van der Waals surface area contributed by atoms with Crippen LogP contribution in [0.4, 0.5) is 5.69 Å². The molecule has 7 nitrogen and oxygen atoms in total. The number of aromatic nitrogens is 3. The number of H-pyrrole nitrogens is 1. The van der Waals surface area contributed by atoms with Crippen molar-refractivity contribution in [1.29, 1.82) is 0 Å². The molecule has 2 aromatic heterocycles. The summed E-state index contributed by atoms with van der Waals surface area (Å²) >= 11 is 1.26. The van der Waals surface area contributed by atoms with E-state index in [1.165, 1.54) is 11.8 Å². The van der Waals surface area contributed by atoms with Gasteiger partial charge in [-0.2, -0.15) is 0 Å². The number of carbonyl (C=O) groups is 1. The van der Waals surface area contributed by atoms with Crippen LogP contribution in [0.3, 0.4) is 0 Å². The van der Waals surface area contributed by atoms with Crippen LogP contribution in [-0.2, 0) is 4.79 Å². The van der Waals surface area contributed by atoms with Gasteiger partial charge in [-0.05, 0) is 51.0 Å². The molecule has 8 heteroatoms. The number of fused-ring (bicyclic) bond motifs is 1. The summed E-state index contributed by atoms with van der Waals surface area (Å²) in [5.41, 5.74) is 3.54. The molecule has 0 saturated heterocycles. The number of nitrogens with one attached hydrogen (secondary N) is 2. The first kappa shape index (κ1) is 21.0. The number of carbonyl (C=O) groups excluding carboxylic acids is 1. The van der Waals surface area contributed by atoms with Crippen LogP contribution in [0.25, 0.3) is 11.0 Å². The van der Waals surface area contributed by atoms with Gasteiger partial charge in [-0.15, -0.1) is 0 Å². The fraction of sp³-hybridized carbons (Fsp3) is 0.381. The van der Waals surface area contributed by atoms with Crippen molar-refractivity contribution in [3.8, 4) is 5.75 Å². The maximum absolute atomic E-state index is 13.0. The van der Waals surface area contributed by atoms with Gasteiger partial charge in [-0.3, -0.25) is 14.2 Å². The fourth-order valence-corrected chi connectivity index (χ4v) is 4.00. The van der Waals surface area contributed by atoms with Crippen molar-refractivity contribution in [3.05, 3.63) is 45.9 Å². The number of hydrogen-bond acceptors (Lipinski definition) is 5. The maximum Gasteiger partial charge on any atom is 0.278 e. The van der Waals surface area contributed by atoms with E-state index in [2.05, 4.69) is 15.3 Å². The van der Waals surface area contributed by atoms with E-state index in [4.69, 9.17) is 4.74 Å². The number of benzene rings is 1. The second kappa shape index (κ2) is 8.73. The molecular weight excluding hydrogens is 388 g/mol. The molecule has 154 valence electrons. The zero-order chi connectivity index (χ0) is 21.1. The molecule has 0 saturated carbocycles. The Bertz CT molecular complexity index is 1100. The highest BCUT2D eigenvalue weighted by atomic mass is 32.2. The van der Waals surface area contributed by atoms with E-state index in [9.17, 15) is 9.59 Å². The molecule has 2 N–H and O–H groups in total. The average molecular weight is 415 g/mol. The Hall–Kier alpha value is -2.74. The van der Waals surface area contributed by atoms with Crippen LogP contribution in [0.1, 0.15) is 37.6 Å². The largest absolute Gasteiger partial charge is 0.495 e. The molecule has 1 aromatic carbocycles. The zero-order valence-electron chi connectivity index (χ0n) is 17.3. The predicted molar refractivity (Wildman–Crippen MR) is 117 cm³/mol. The minimum atomic E-state index is -0.186. The van der Waals surface area contributed by atoms with Crippen LogP contribution in [0.2, 0.25) is 0 Å². The molecule has 0 aliphatic carbocycles. The van der Waals surface area contributed by atoms with E-state index >= 15 is 0 Å². The highest BCUT2D eigenvalue weighted by Gasteiger charge is 2.18. The summed E-state index contributed by atoms with van der Waals surface area (Å²) in [5, 5.41) is 3.43. The molecule has 0 fully saturated rings. The van der Waals surface area contributed by atoms with Gasteiger partial charge >= 0.3 is 0 Å².